The molecule has 1 saturated heterocycles. The number of amides is 1. The van der Waals surface area contributed by atoms with Crippen LogP contribution >= 0.6 is 15.9 Å². The maximum atomic E-state index is 11.7. The highest BCUT2D eigenvalue weighted by Crippen LogP contribution is 2.32. The van der Waals surface area contributed by atoms with Gasteiger partial charge in [0.2, 0.25) is 0 Å². The highest BCUT2D eigenvalue weighted by atomic mass is 79.9. The number of carbonyl (C=O) groups is 1. The number of primary amides is 1. The van der Waals surface area contributed by atoms with E-state index in [4.69, 9.17) is 10.5 Å². The molecule has 2 N–H and O–H groups in total. The predicted molar refractivity (Wildman–Crippen MR) is 81.7 cm³/mol. The molecule has 0 unspecified atom stereocenters. The van der Waals surface area contributed by atoms with E-state index in [0.717, 1.165) is 48.1 Å². The van der Waals surface area contributed by atoms with Gasteiger partial charge in [0.1, 0.15) is 0 Å². The van der Waals surface area contributed by atoms with Gasteiger partial charge in [-0.15, -0.1) is 0 Å². The second-order valence-corrected chi connectivity index (χ2v) is 5.96. The van der Waals surface area contributed by atoms with Crippen LogP contribution in [0.4, 0.5) is 0 Å². The van der Waals surface area contributed by atoms with Crippen molar-refractivity contribution in [1.82, 2.24) is 4.57 Å². The fourth-order valence-electron chi connectivity index (χ4n) is 2.87. The minimum absolute atomic E-state index is 0.390. The van der Waals surface area contributed by atoms with Crippen LogP contribution in [0.1, 0.15) is 23.2 Å². The van der Waals surface area contributed by atoms with Gasteiger partial charge in [0.15, 0.2) is 0 Å². The molecule has 1 aromatic heterocycles. The van der Waals surface area contributed by atoms with Crippen LogP contribution in [0, 0.1) is 5.92 Å². The van der Waals surface area contributed by atoms with Gasteiger partial charge in [-0.2, -0.15) is 0 Å². The highest BCUT2D eigenvalue weighted by molar-refractivity contribution is 9.10. The van der Waals surface area contributed by atoms with Gasteiger partial charge < -0.3 is 15.0 Å². The third-order valence-electron chi connectivity index (χ3n) is 3.94. The maximum Gasteiger partial charge on any atom is 0.252 e. The summed E-state index contributed by atoms with van der Waals surface area (Å²) < 4.78 is 8.35. The van der Waals surface area contributed by atoms with E-state index in [1.165, 1.54) is 0 Å². The summed E-state index contributed by atoms with van der Waals surface area (Å²) in [7, 11) is 0. The van der Waals surface area contributed by atoms with Gasteiger partial charge in [0.05, 0.1) is 10.2 Å². The first kappa shape index (κ1) is 13.6. The van der Waals surface area contributed by atoms with Crippen LogP contribution < -0.4 is 5.73 Å². The van der Waals surface area contributed by atoms with E-state index in [-0.39, 0.29) is 5.91 Å². The molecule has 3 rings (SSSR count). The predicted octanol–water partition coefficient (Wildman–Crippen LogP) is 2.93. The lowest BCUT2D eigenvalue weighted by molar-refractivity contribution is 0.0614. The maximum absolute atomic E-state index is 11.7. The fourth-order valence-corrected chi connectivity index (χ4v) is 3.62. The number of hydrogen-bond donors (Lipinski definition) is 1. The Kier molecular flexibility index (Phi) is 3.81. The molecular formula is C15H17BrN2O2. The average molecular weight is 337 g/mol. The van der Waals surface area contributed by atoms with Crippen LogP contribution in [0.25, 0.3) is 10.9 Å². The number of rotatable bonds is 3. The van der Waals surface area contributed by atoms with Crippen molar-refractivity contribution in [3.8, 4) is 0 Å². The number of ether oxygens (including phenoxy) is 1. The number of benzene rings is 1. The third-order valence-corrected chi connectivity index (χ3v) is 4.76. The molecular weight excluding hydrogens is 320 g/mol. The number of hydrogen-bond acceptors (Lipinski definition) is 2. The lowest BCUT2D eigenvalue weighted by Crippen LogP contribution is -2.20. The van der Waals surface area contributed by atoms with Crippen molar-refractivity contribution >= 4 is 32.7 Å². The first-order valence-electron chi connectivity index (χ1n) is 6.82. The monoisotopic (exact) mass is 336 g/mol. The van der Waals surface area contributed by atoms with E-state index < -0.39 is 0 Å². The van der Waals surface area contributed by atoms with Gasteiger partial charge in [0.25, 0.3) is 5.91 Å². The zero-order chi connectivity index (χ0) is 14.1. The second-order valence-electron chi connectivity index (χ2n) is 5.21. The summed E-state index contributed by atoms with van der Waals surface area (Å²) in [4.78, 5) is 11.7. The molecule has 0 spiro atoms. The Morgan fingerprint density at radius 3 is 2.75 bits per heavy atom. The summed E-state index contributed by atoms with van der Waals surface area (Å²) in [5, 5.41) is 0.916. The number of fused-ring (bicyclic) bond motifs is 1. The smallest absolute Gasteiger partial charge is 0.252 e. The Labute approximate surface area is 126 Å². The topological polar surface area (TPSA) is 57.2 Å². The zero-order valence-electron chi connectivity index (χ0n) is 11.1. The fraction of sp³-hybridized carbons (Fsp3) is 0.400. The molecule has 1 amide bonds. The summed E-state index contributed by atoms with van der Waals surface area (Å²) in [5.74, 6) is 0.190. The first-order chi connectivity index (χ1) is 9.68. The Bertz CT molecular complexity index is 645. The highest BCUT2D eigenvalue weighted by Gasteiger charge is 2.22. The molecule has 5 heteroatoms. The molecule has 0 atom stereocenters. The summed E-state index contributed by atoms with van der Waals surface area (Å²) in [6, 6.07) is 7.90. The molecule has 106 valence electrons. The normalized spacial score (nSPS) is 16.6. The van der Waals surface area contributed by atoms with Gasteiger partial charge in [-0.1, -0.05) is 18.2 Å². The quantitative estimate of drug-likeness (QED) is 0.936. The van der Waals surface area contributed by atoms with E-state index in [9.17, 15) is 4.79 Å². The van der Waals surface area contributed by atoms with Gasteiger partial charge >= 0.3 is 0 Å². The third kappa shape index (κ3) is 2.36. The number of aromatic nitrogens is 1. The molecule has 1 aromatic carbocycles. The molecule has 1 fully saturated rings. The molecule has 20 heavy (non-hydrogen) atoms. The van der Waals surface area contributed by atoms with Crippen molar-refractivity contribution in [2.24, 2.45) is 11.7 Å². The number of nitrogens with two attached hydrogens (primary N) is 1. The molecule has 0 bridgehead atoms. The van der Waals surface area contributed by atoms with E-state index in [1.54, 1.807) is 0 Å². The van der Waals surface area contributed by atoms with Crippen LogP contribution in [0.2, 0.25) is 0 Å². The van der Waals surface area contributed by atoms with Crippen LogP contribution in [0.15, 0.2) is 28.9 Å². The van der Waals surface area contributed by atoms with Crippen molar-refractivity contribution in [1.29, 1.82) is 0 Å². The van der Waals surface area contributed by atoms with Crippen LogP contribution in [-0.4, -0.2) is 23.7 Å². The Morgan fingerprint density at radius 2 is 2.05 bits per heavy atom. The van der Waals surface area contributed by atoms with Crippen LogP contribution in [-0.2, 0) is 11.3 Å². The summed E-state index contributed by atoms with van der Waals surface area (Å²) in [6.07, 6.45) is 2.12. The largest absolute Gasteiger partial charge is 0.381 e. The van der Waals surface area contributed by atoms with Gasteiger partial charge in [-0.05, 0) is 40.8 Å². The lowest BCUT2D eigenvalue weighted by atomic mass is 10.0. The van der Waals surface area contributed by atoms with Gasteiger partial charge in [0, 0.05) is 30.7 Å². The average Bonchev–Trinajstić information content (AvgIpc) is 2.73. The number of nitrogens with zero attached hydrogens (tertiary/aromatic N) is 1. The second kappa shape index (κ2) is 5.58. The molecule has 2 heterocycles. The van der Waals surface area contributed by atoms with Crippen molar-refractivity contribution in [3.63, 3.8) is 0 Å². The van der Waals surface area contributed by atoms with E-state index >= 15 is 0 Å². The van der Waals surface area contributed by atoms with Crippen LogP contribution in [0.5, 0.6) is 0 Å². The molecule has 1 aliphatic rings. The SMILES string of the molecule is NC(=O)c1c(Br)n(CC2CCOCC2)c2ccccc12. The van der Waals surface area contributed by atoms with Crippen LogP contribution in [0.3, 0.4) is 0 Å². The number of carbonyl (C=O) groups excluding carboxylic acids is 1. The van der Waals surface area contributed by atoms with Gasteiger partial charge in [-0.25, -0.2) is 0 Å². The Morgan fingerprint density at radius 1 is 1.35 bits per heavy atom. The number of halogens is 1. The minimum Gasteiger partial charge on any atom is -0.381 e. The minimum atomic E-state index is -0.390. The summed E-state index contributed by atoms with van der Waals surface area (Å²) >= 11 is 3.55. The Hall–Kier alpha value is -1.33. The number of para-hydroxylation sites is 1. The zero-order valence-corrected chi connectivity index (χ0v) is 12.7. The van der Waals surface area contributed by atoms with Crippen molar-refractivity contribution in [3.05, 3.63) is 34.4 Å². The van der Waals surface area contributed by atoms with E-state index in [1.807, 2.05) is 24.3 Å². The molecule has 2 aromatic rings. The standard InChI is InChI=1S/C15H17BrN2O2/c16-14-13(15(17)19)11-3-1-2-4-12(11)18(14)9-10-5-7-20-8-6-10/h1-4,10H,5-9H2,(H2,17,19). The van der Waals surface area contributed by atoms with E-state index in [0.29, 0.717) is 11.5 Å². The molecule has 0 saturated carbocycles. The van der Waals surface area contributed by atoms with Crippen molar-refractivity contribution < 1.29 is 9.53 Å². The van der Waals surface area contributed by atoms with Gasteiger partial charge in [-0.3, -0.25) is 4.79 Å². The Balaban J connectivity index is 2.05. The molecule has 1 aliphatic heterocycles. The molecule has 0 aliphatic carbocycles. The van der Waals surface area contributed by atoms with E-state index in [2.05, 4.69) is 20.5 Å². The summed E-state index contributed by atoms with van der Waals surface area (Å²) in [6.45, 7) is 2.53. The lowest BCUT2D eigenvalue weighted by Gasteiger charge is -2.23. The summed E-state index contributed by atoms with van der Waals surface area (Å²) in [5.41, 5.74) is 7.16. The molecule has 0 radical (unpaired) electrons. The first-order valence-corrected chi connectivity index (χ1v) is 7.62. The molecule has 4 nitrogen and oxygen atoms in total. The van der Waals surface area contributed by atoms with Crippen molar-refractivity contribution in [2.45, 2.75) is 19.4 Å². The van der Waals surface area contributed by atoms with Crippen molar-refractivity contribution in [2.75, 3.05) is 13.2 Å².